The number of aromatic nitrogens is 2. The van der Waals surface area contributed by atoms with Crippen molar-refractivity contribution in [2.75, 3.05) is 40.3 Å². The molecule has 0 saturated carbocycles. The number of hydrogen-bond acceptors (Lipinski definition) is 4. The third-order valence-corrected chi connectivity index (χ3v) is 7.85. The van der Waals surface area contributed by atoms with Crippen molar-refractivity contribution in [2.45, 2.75) is 50.6 Å². The maximum atomic E-state index is 13.0. The number of rotatable bonds is 8. The van der Waals surface area contributed by atoms with Crippen LogP contribution in [-0.2, 0) is 19.4 Å². The van der Waals surface area contributed by atoms with E-state index in [9.17, 15) is 4.79 Å². The van der Waals surface area contributed by atoms with Gasteiger partial charge in [0.15, 0.2) is 5.69 Å². The second kappa shape index (κ2) is 11.4. The zero-order chi connectivity index (χ0) is 24.9. The first-order valence-electron chi connectivity index (χ1n) is 13.4. The summed E-state index contributed by atoms with van der Waals surface area (Å²) in [6, 6.07) is 21.7. The predicted molar refractivity (Wildman–Crippen MR) is 144 cm³/mol. The van der Waals surface area contributed by atoms with Crippen LogP contribution in [0.15, 0.2) is 60.7 Å². The van der Waals surface area contributed by atoms with E-state index in [1.165, 1.54) is 42.8 Å². The fraction of sp³-hybridized carbons (Fsp3) is 0.467. The van der Waals surface area contributed by atoms with Crippen molar-refractivity contribution in [3.63, 3.8) is 0 Å². The normalized spacial score (nSPS) is 18.7. The minimum Gasteiger partial charge on any atom is -0.343 e. The second-order valence-corrected chi connectivity index (χ2v) is 10.5. The van der Waals surface area contributed by atoms with E-state index >= 15 is 0 Å². The molecule has 36 heavy (non-hydrogen) atoms. The smallest absolute Gasteiger partial charge is 0.274 e. The van der Waals surface area contributed by atoms with Crippen LogP contribution in [0.2, 0.25) is 0 Å². The summed E-state index contributed by atoms with van der Waals surface area (Å²) in [7, 11) is 3.62. The molecule has 1 fully saturated rings. The summed E-state index contributed by atoms with van der Waals surface area (Å²) < 4.78 is 2.06. The van der Waals surface area contributed by atoms with Crippen LogP contribution < -0.4 is 5.32 Å². The highest BCUT2D eigenvalue weighted by atomic mass is 16.2. The van der Waals surface area contributed by atoms with Crippen LogP contribution >= 0.6 is 0 Å². The highest BCUT2D eigenvalue weighted by molar-refractivity contribution is 5.93. The van der Waals surface area contributed by atoms with Gasteiger partial charge < -0.3 is 15.1 Å². The van der Waals surface area contributed by atoms with Crippen molar-refractivity contribution in [2.24, 2.45) is 0 Å². The van der Waals surface area contributed by atoms with E-state index < -0.39 is 0 Å². The van der Waals surface area contributed by atoms with Gasteiger partial charge in [-0.25, -0.2) is 0 Å². The van der Waals surface area contributed by atoms with E-state index in [1.54, 1.807) is 4.90 Å². The number of amides is 1. The summed E-state index contributed by atoms with van der Waals surface area (Å²) in [6.45, 7) is 5.13. The Kier molecular flexibility index (Phi) is 7.83. The molecule has 1 aliphatic carbocycles. The Morgan fingerprint density at radius 2 is 1.69 bits per heavy atom. The summed E-state index contributed by atoms with van der Waals surface area (Å²) in [5.41, 5.74) is 5.69. The van der Waals surface area contributed by atoms with Crippen LogP contribution in [0.1, 0.15) is 58.1 Å². The molecule has 1 atom stereocenters. The number of likely N-dealkylation sites (tertiary alicyclic amines) is 1. The summed E-state index contributed by atoms with van der Waals surface area (Å²) in [5, 5.41) is 8.62. The highest BCUT2D eigenvalue weighted by Crippen LogP contribution is 2.28. The molecule has 0 radical (unpaired) electrons. The number of carbonyl (C=O) groups excluding carboxylic acids is 1. The highest BCUT2D eigenvalue weighted by Gasteiger charge is 2.30. The van der Waals surface area contributed by atoms with Crippen LogP contribution in [0.4, 0.5) is 0 Å². The molecule has 1 saturated heterocycles. The minimum atomic E-state index is -0.00000121. The number of hydrogen-bond donors (Lipinski definition) is 1. The minimum absolute atomic E-state index is 0.00000121. The zero-order valence-electron chi connectivity index (χ0n) is 21.7. The van der Waals surface area contributed by atoms with Gasteiger partial charge in [-0.15, -0.1) is 0 Å². The van der Waals surface area contributed by atoms with Gasteiger partial charge in [-0.1, -0.05) is 60.7 Å². The van der Waals surface area contributed by atoms with Crippen LogP contribution in [0.3, 0.4) is 0 Å². The molecule has 6 heteroatoms. The zero-order valence-corrected chi connectivity index (χ0v) is 21.7. The van der Waals surface area contributed by atoms with Crippen LogP contribution in [0.25, 0.3) is 0 Å². The molecule has 2 aliphatic rings. The lowest BCUT2D eigenvalue weighted by Gasteiger charge is -2.33. The molecule has 0 spiro atoms. The predicted octanol–water partition coefficient (Wildman–Crippen LogP) is 3.96. The Balaban J connectivity index is 1.17. The number of benzene rings is 2. The van der Waals surface area contributed by atoms with Gasteiger partial charge in [-0.05, 0) is 62.2 Å². The van der Waals surface area contributed by atoms with Gasteiger partial charge in [0.2, 0.25) is 0 Å². The molecule has 2 aromatic carbocycles. The molecular weight excluding hydrogens is 446 g/mol. The van der Waals surface area contributed by atoms with Crippen molar-refractivity contribution in [3.05, 3.63) is 88.7 Å². The third kappa shape index (κ3) is 5.71. The lowest BCUT2D eigenvalue weighted by molar-refractivity contribution is 0.0820. The van der Waals surface area contributed by atoms with Gasteiger partial charge in [0.05, 0.1) is 6.54 Å². The van der Waals surface area contributed by atoms with E-state index in [-0.39, 0.29) is 5.91 Å². The molecule has 6 nitrogen and oxygen atoms in total. The van der Waals surface area contributed by atoms with Crippen LogP contribution in [0, 0.1) is 0 Å². The van der Waals surface area contributed by atoms with Crippen molar-refractivity contribution in [1.82, 2.24) is 24.9 Å². The molecule has 1 amide bonds. The third-order valence-electron chi connectivity index (χ3n) is 7.85. The number of fused-ring (bicyclic) bond motifs is 1. The first-order valence-corrected chi connectivity index (χ1v) is 13.4. The van der Waals surface area contributed by atoms with Crippen molar-refractivity contribution in [3.8, 4) is 0 Å². The Labute approximate surface area is 215 Å². The van der Waals surface area contributed by atoms with Crippen LogP contribution in [0.5, 0.6) is 0 Å². The van der Waals surface area contributed by atoms with Crippen molar-refractivity contribution >= 4 is 5.91 Å². The van der Waals surface area contributed by atoms with E-state index in [1.807, 2.05) is 20.2 Å². The van der Waals surface area contributed by atoms with E-state index in [0.29, 0.717) is 24.2 Å². The van der Waals surface area contributed by atoms with Crippen molar-refractivity contribution in [1.29, 1.82) is 0 Å². The fourth-order valence-electron chi connectivity index (χ4n) is 5.77. The molecule has 190 valence electrons. The molecule has 1 aliphatic heterocycles. The number of piperidine rings is 1. The Hall–Kier alpha value is -2.96. The standard InChI is InChI=1S/C30H39N5O/c1-33(2)30(36)29-27-21-26(13-14-28(27)35(32-29)22-23-9-5-3-6-10-23)31-17-20-34-18-15-25(16-19-34)24-11-7-4-8-12-24/h3-12,25-26,31H,13-22H2,1-2H3. The largest absolute Gasteiger partial charge is 0.343 e. The Morgan fingerprint density at radius 3 is 2.39 bits per heavy atom. The van der Waals surface area contributed by atoms with Gasteiger partial charge >= 0.3 is 0 Å². The maximum absolute atomic E-state index is 13.0. The average molecular weight is 486 g/mol. The molecule has 5 rings (SSSR count). The SMILES string of the molecule is CN(C)C(=O)c1nn(Cc2ccccc2)c2c1CC(NCCN1CCC(c3ccccc3)CC1)CC2. The number of nitrogens with one attached hydrogen (secondary N) is 1. The summed E-state index contributed by atoms with van der Waals surface area (Å²) in [5.74, 6) is 0.701. The van der Waals surface area contributed by atoms with E-state index in [4.69, 9.17) is 5.10 Å². The van der Waals surface area contributed by atoms with Crippen molar-refractivity contribution < 1.29 is 4.79 Å². The maximum Gasteiger partial charge on any atom is 0.274 e. The monoisotopic (exact) mass is 485 g/mol. The van der Waals surface area contributed by atoms with E-state index in [0.717, 1.165) is 37.9 Å². The fourth-order valence-corrected chi connectivity index (χ4v) is 5.77. The molecule has 0 bridgehead atoms. The quantitative estimate of drug-likeness (QED) is 0.525. The second-order valence-electron chi connectivity index (χ2n) is 10.5. The lowest BCUT2D eigenvalue weighted by Crippen LogP contribution is -2.42. The molecule has 3 aromatic rings. The summed E-state index contributed by atoms with van der Waals surface area (Å²) in [6.07, 6.45) is 5.39. The Morgan fingerprint density at radius 1 is 1.00 bits per heavy atom. The van der Waals surface area contributed by atoms with Gasteiger partial charge in [0.1, 0.15) is 0 Å². The number of nitrogens with zero attached hydrogens (tertiary/aromatic N) is 4. The molecular formula is C30H39N5O. The number of carbonyl (C=O) groups is 1. The molecule has 1 unspecified atom stereocenters. The first-order chi connectivity index (χ1) is 17.6. The lowest BCUT2D eigenvalue weighted by atomic mass is 9.89. The molecule has 1 N–H and O–H groups in total. The topological polar surface area (TPSA) is 53.4 Å². The van der Waals surface area contributed by atoms with Gasteiger partial charge in [-0.3, -0.25) is 9.48 Å². The van der Waals surface area contributed by atoms with Gasteiger partial charge in [0.25, 0.3) is 5.91 Å². The average Bonchev–Trinajstić information content (AvgIpc) is 3.27. The molecule has 2 heterocycles. The summed E-state index contributed by atoms with van der Waals surface area (Å²) >= 11 is 0. The van der Waals surface area contributed by atoms with Gasteiger partial charge in [-0.2, -0.15) is 5.10 Å². The van der Waals surface area contributed by atoms with Gasteiger partial charge in [0, 0.05) is 44.5 Å². The van der Waals surface area contributed by atoms with E-state index in [2.05, 4.69) is 69.5 Å². The first kappa shape index (κ1) is 24.7. The van der Waals surface area contributed by atoms with Crippen LogP contribution in [-0.4, -0.2) is 71.8 Å². The Bertz CT molecular complexity index is 1130. The molecule has 1 aromatic heterocycles. The summed E-state index contributed by atoms with van der Waals surface area (Å²) in [4.78, 5) is 17.2.